The highest BCUT2D eigenvalue weighted by Crippen LogP contribution is 2.32. The average molecular weight is 371 g/mol. The maximum absolute atomic E-state index is 6.15. The first-order valence-corrected chi connectivity index (χ1v) is 8.35. The smallest absolute Gasteiger partial charge is 0.0760 e. The largest absolute Gasteiger partial charge is 0.305 e. The first kappa shape index (κ1) is 16.5. The Hall–Kier alpha value is -0.840. The number of hydrogen-bond donors (Lipinski definition) is 1. The summed E-state index contributed by atoms with van der Waals surface area (Å²) in [6.45, 7) is 9.30. The quantitative estimate of drug-likeness (QED) is 0.812. The molecule has 0 aliphatic rings. The molecule has 0 bridgehead atoms. The van der Waals surface area contributed by atoms with Crippen LogP contribution in [0.5, 0.6) is 0 Å². The first-order valence-electron chi connectivity index (χ1n) is 7.18. The normalized spacial score (nSPS) is 12.9. The Bertz CT molecular complexity index is 622. The number of aromatic nitrogens is 2. The summed E-state index contributed by atoms with van der Waals surface area (Å²) in [5.74, 6) is 0. The topological polar surface area (TPSA) is 29.9 Å². The second-order valence-corrected chi connectivity index (χ2v) is 6.68. The fourth-order valence-electron chi connectivity index (χ4n) is 2.46. The zero-order valence-corrected chi connectivity index (χ0v) is 15.2. The maximum atomic E-state index is 6.15. The van der Waals surface area contributed by atoms with E-state index in [4.69, 9.17) is 11.6 Å². The van der Waals surface area contributed by atoms with Crippen molar-refractivity contribution in [3.8, 4) is 0 Å². The van der Waals surface area contributed by atoms with Crippen molar-refractivity contribution in [2.75, 3.05) is 6.54 Å². The summed E-state index contributed by atoms with van der Waals surface area (Å²) in [6.07, 6.45) is 1.86. The molecule has 0 amide bonds. The van der Waals surface area contributed by atoms with Crippen LogP contribution in [0.4, 0.5) is 0 Å². The zero-order valence-electron chi connectivity index (χ0n) is 12.8. The summed E-state index contributed by atoms with van der Waals surface area (Å²) in [5, 5.41) is 8.83. The Balaban J connectivity index is 2.53. The molecule has 5 heteroatoms. The predicted octanol–water partition coefficient (Wildman–Crippen LogP) is 4.89. The van der Waals surface area contributed by atoms with Gasteiger partial charge in [0.25, 0.3) is 0 Å². The molecule has 1 atom stereocenters. The molecule has 114 valence electrons. The van der Waals surface area contributed by atoms with Crippen molar-refractivity contribution in [3.05, 3.63) is 50.7 Å². The van der Waals surface area contributed by atoms with E-state index in [9.17, 15) is 0 Å². The molecular weight excluding hydrogens is 350 g/mol. The molecule has 1 aromatic heterocycles. The van der Waals surface area contributed by atoms with Crippen LogP contribution in [0.25, 0.3) is 0 Å². The van der Waals surface area contributed by atoms with Gasteiger partial charge in [-0.25, -0.2) is 0 Å². The molecule has 1 aromatic carbocycles. The van der Waals surface area contributed by atoms with Gasteiger partial charge >= 0.3 is 0 Å². The SMILES string of the molecule is CCNC(c1ccc(Cl)c(C)c1)c1c(Br)cnn1C(C)C. The van der Waals surface area contributed by atoms with Gasteiger partial charge in [-0.3, -0.25) is 4.68 Å². The molecule has 0 radical (unpaired) electrons. The third-order valence-electron chi connectivity index (χ3n) is 3.47. The molecule has 0 saturated heterocycles. The van der Waals surface area contributed by atoms with Gasteiger partial charge in [0, 0.05) is 11.1 Å². The van der Waals surface area contributed by atoms with Gasteiger partial charge in [-0.15, -0.1) is 0 Å². The number of halogens is 2. The van der Waals surface area contributed by atoms with E-state index in [2.05, 4.69) is 63.9 Å². The van der Waals surface area contributed by atoms with Crippen molar-refractivity contribution in [1.82, 2.24) is 15.1 Å². The number of benzene rings is 1. The van der Waals surface area contributed by atoms with E-state index in [-0.39, 0.29) is 6.04 Å². The van der Waals surface area contributed by atoms with Crippen molar-refractivity contribution in [1.29, 1.82) is 0 Å². The van der Waals surface area contributed by atoms with E-state index in [1.807, 2.05) is 19.2 Å². The first-order chi connectivity index (χ1) is 9.95. The molecule has 0 aliphatic carbocycles. The molecule has 0 aliphatic heterocycles. The molecule has 1 heterocycles. The number of aryl methyl sites for hydroxylation is 1. The highest BCUT2D eigenvalue weighted by atomic mass is 79.9. The number of rotatable bonds is 5. The lowest BCUT2D eigenvalue weighted by molar-refractivity contribution is 0.475. The van der Waals surface area contributed by atoms with E-state index in [1.54, 1.807) is 0 Å². The van der Waals surface area contributed by atoms with Crippen LogP contribution in [0.3, 0.4) is 0 Å². The van der Waals surface area contributed by atoms with Gasteiger partial charge in [-0.1, -0.05) is 30.7 Å². The molecule has 2 rings (SSSR count). The summed E-state index contributed by atoms with van der Waals surface area (Å²) in [6, 6.07) is 6.57. The Labute approximate surface area is 139 Å². The molecule has 0 saturated carbocycles. The molecule has 3 nitrogen and oxygen atoms in total. The molecule has 0 spiro atoms. The summed E-state index contributed by atoms with van der Waals surface area (Å²) in [4.78, 5) is 0. The third kappa shape index (κ3) is 3.50. The van der Waals surface area contributed by atoms with E-state index < -0.39 is 0 Å². The fraction of sp³-hybridized carbons (Fsp3) is 0.438. The molecule has 1 unspecified atom stereocenters. The minimum Gasteiger partial charge on any atom is -0.305 e. The summed E-state index contributed by atoms with van der Waals surface area (Å²) < 4.78 is 3.08. The van der Waals surface area contributed by atoms with Crippen molar-refractivity contribution >= 4 is 27.5 Å². The summed E-state index contributed by atoms with van der Waals surface area (Å²) in [7, 11) is 0. The van der Waals surface area contributed by atoms with Crippen LogP contribution in [0.1, 0.15) is 49.7 Å². The van der Waals surface area contributed by atoms with Crippen LogP contribution < -0.4 is 5.32 Å². The lowest BCUT2D eigenvalue weighted by Gasteiger charge is -2.23. The zero-order chi connectivity index (χ0) is 15.6. The number of nitrogens with one attached hydrogen (secondary N) is 1. The van der Waals surface area contributed by atoms with E-state index in [0.717, 1.165) is 27.3 Å². The van der Waals surface area contributed by atoms with Crippen LogP contribution in [-0.4, -0.2) is 16.3 Å². The van der Waals surface area contributed by atoms with Crippen molar-refractivity contribution < 1.29 is 0 Å². The van der Waals surface area contributed by atoms with Crippen molar-refractivity contribution in [2.45, 2.75) is 39.8 Å². The highest BCUT2D eigenvalue weighted by molar-refractivity contribution is 9.10. The Kier molecular flexibility index (Phi) is 5.47. The Morgan fingerprint density at radius 3 is 2.67 bits per heavy atom. The van der Waals surface area contributed by atoms with E-state index in [1.165, 1.54) is 5.56 Å². The minimum atomic E-state index is 0.0882. The molecule has 21 heavy (non-hydrogen) atoms. The summed E-state index contributed by atoms with van der Waals surface area (Å²) >= 11 is 9.79. The maximum Gasteiger partial charge on any atom is 0.0760 e. The van der Waals surface area contributed by atoms with E-state index in [0.29, 0.717) is 6.04 Å². The molecule has 1 N–H and O–H groups in total. The van der Waals surface area contributed by atoms with Gasteiger partial charge in [0.1, 0.15) is 0 Å². The number of hydrogen-bond acceptors (Lipinski definition) is 2. The minimum absolute atomic E-state index is 0.0882. The molecular formula is C16H21BrClN3. The van der Waals surface area contributed by atoms with Gasteiger partial charge in [-0.2, -0.15) is 5.10 Å². The second kappa shape index (κ2) is 6.95. The van der Waals surface area contributed by atoms with Crippen molar-refractivity contribution in [2.24, 2.45) is 0 Å². The fourth-order valence-corrected chi connectivity index (χ4v) is 3.08. The van der Waals surface area contributed by atoms with Gasteiger partial charge < -0.3 is 5.32 Å². The van der Waals surface area contributed by atoms with Gasteiger partial charge in [-0.05, 0) is 60.4 Å². The van der Waals surface area contributed by atoms with E-state index >= 15 is 0 Å². The Morgan fingerprint density at radius 1 is 1.38 bits per heavy atom. The Morgan fingerprint density at radius 2 is 2.10 bits per heavy atom. The lowest BCUT2D eigenvalue weighted by atomic mass is 10.0. The van der Waals surface area contributed by atoms with Crippen molar-refractivity contribution in [3.63, 3.8) is 0 Å². The van der Waals surface area contributed by atoms with Gasteiger partial charge in [0.2, 0.25) is 0 Å². The molecule has 2 aromatic rings. The van der Waals surface area contributed by atoms with Crippen LogP contribution in [0, 0.1) is 6.92 Å². The predicted molar refractivity (Wildman–Crippen MR) is 92.0 cm³/mol. The molecule has 0 fully saturated rings. The standard InChI is InChI=1S/C16H21BrClN3/c1-5-19-15(12-6-7-14(18)11(4)8-12)16-13(17)9-20-21(16)10(2)3/h6-10,15,19H,5H2,1-4H3. The average Bonchev–Trinajstić information content (AvgIpc) is 2.81. The van der Waals surface area contributed by atoms with Crippen LogP contribution >= 0.6 is 27.5 Å². The lowest BCUT2D eigenvalue weighted by Crippen LogP contribution is -2.26. The van der Waals surface area contributed by atoms with Gasteiger partial charge in [0.05, 0.1) is 22.4 Å². The van der Waals surface area contributed by atoms with Crippen LogP contribution in [0.15, 0.2) is 28.9 Å². The summed E-state index contributed by atoms with van der Waals surface area (Å²) in [5.41, 5.74) is 3.43. The third-order valence-corrected chi connectivity index (χ3v) is 4.51. The number of nitrogens with zero attached hydrogens (tertiary/aromatic N) is 2. The monoisotopic (exact) mass is 369 g/mol. The van der Waals surface area contributed by atoms with Gasteiger partial charge in [0.15, 0.2) is 0 Å². The second-order valence-electron chi connectivity index (χ2n) is 5.42. The van der Waals surface area contributed by atoms with Crippen LogP contribution in [0.2, 0.25) is 5.02 Å². The van der Waals surface area contributed by atoms with Crippen LogP contribution in [-0.2, 0) is 0 Å². The highest BCUT2D eigenvalue weighted by Gasteiger charge is 2.22.